The Morgan fingerprint density at radius 1 is 1.18 bits per heavy atom. The first-order valence-electron chi connectivity index (χ1n) is 12.1. The summed E-state index contributed by atoms with van der Waals surface area (Å²) < 4.78 is 5.33. The van der Waals surface area contributed by atoms with Gasteiger partial charge in [0.1, 0.15) is 6.29 Å². The highest BCUT2D eigenvalue weighted by Crippen LogP contribution is 2.33. The minimum Gasteiger partial charge on any atom is -0.366 e. The van der Waals surface area contributed by atoms with Crippen LogP contribution in [0.25, 0.3) is 0 Å². The molecule has 0 aromatic rings. The van der Waals surface area contributed by atoms with Gasteiger partial charge in [-0.2, -0.15) is 0 Å². The molecule has 1 saturated carbocycles. The topological polar surface area (TPSA) is 125 Å². The summed E-state index contributed by atoms with van der Waals surface area (Å²) >= 11 is 0. The molecule has 0 aromatic heterocycles. The van der Waals surface area contributed by atoms with Gasteiger partial charge in [0.25, 0.3) is 0 Å². The number of nitrogens with zero attached hydrogens (tertiary/aromatic N) is 1. The van der Waals surface area contributed by atoms with E-state index < -0.39 is 11.2 Å². The van der Waals surface area contributed by atoms with Crippen LogP contribution >= 0.6 is 0 Å². The van der Waals surface area contributed by atoms with Crippen molar-refractivity contribution in [1.82, 2.24) is 15.5 Å². The normalized spacial score (nSPS) is 15.8. The Balaban J connectivity index is 2.30. The van der Waals surface area contributed by atoms with Gasteiger partial charge in [-0.05, 0) is 44.4 Å². The molecule has 9 heteroatoms. The van der Waals surface area contributed by atoms with Crippen LogP contribution in [0.3, 0.4) is 0 Å². The summed E-state index contributed by atoms with van der Waals surface area (Å²) in [6, 6.07) is 0. The Morgan fingerprint density at radius 3 is 2.41 bits per heavy atom. The van der Waals surface area contributed by atoms with Crippen LogP contribution in [-0.2, 0) is 23.9 Å². The largest absolute Gasteiger partial charge is 0.366 e. The lowest BCUT2D eigenvalue weighted by atomic mass is 9.87. The van der Waals surface area contributed by atoms with Crippen molar-refractivity contribution < 1.29 is 29.0 Å². The quantitative estimate of drug-likeness (QED) is 0.142. The smallest absolute Gasteiger partial charge is 0.245 e. The number of rotatable bonds is 15. The second-order valence-electron chi connectivity index (χ2n) is 10.4. The predicted molar refractivity (Wildman–Crippen MR) is 129 cm³/mol. The number of carbonyl (C=O) groups excluding carboxylic acids is 4. The van der Waals surface area contributed by atoms with Gasteiger partial charge in [-0.15, -0.1) is 0 Å². The van der Waals surface area contributed by atoms with E-state index in [1.54, 1.807) is 11.9 Å². The molecule has 0 bridgehead atoms. The molecule has 1 aliphatic rings. The first kappa shape index (κ1) is 29.8. The standard InChI is InChI=1S/C25H43N3O6/c1-24(2,18-34-25(3,4)33)17-22(31)27-14-11-21(30)26-13-8-15-28(5)23(32)20(12-16-29)19-9-6-7-10-19/h11,14,16,19-20,33H,6-10,12-13,15,17-18H2,1-5H3,(H,26,30)(H,27,31)/b14-11+. The summed E-state index contributed by atoms with van der Waals surface area (Å²) in [5.41, 5.74) is -0.480. The van der Waals surface area contributed by atoms with Crippen molar-refractivity contribution in [3.63, 3.8) is 0 Å². The predicted octanol–water partition coefficient (Wildman–Crippen LogP) is 2.14. The molecule has 0 aromatic carbocycles. The van der Waals surface area contributed by atoms with Crippen LogP contribution in [0, 0.1) is 17.3 Å². The van der Waals surface area contributed by atoms with Crippen molar-refractivity contribution in [3.8, 4) is 0 Å². The Morgan fingerprint density at radius 2 is 1.82 bits per heavy atom. The number of ether oxygens (including phenoxy) is 1. The fraction of sp³-hybridized carbons (Fsp3) is 0.760. The molecule has 0 radical (unpaired) electrons. The van der Waals surface area contributed by atoms with Gasteiger partial charge in [-0.25, -0.2) is 0 Å². The number of aliphatic hydroxyl groups is 1. The van der Waals surface area contributed by atoms with Crippen molar-refractivity contribution >= 4 is 24.0 Å². The van der Waals surface area contributed by atoms with Crippen LogP contribution in [0.15, 0.2) is 12.3 Å². The maximum absolute atomic E-state index is 12.8. The van der Waals surface area contributed by atoms with Crippen LogP contribution in [0.4, 0.5) is 0 Å². The van der Waals surface area contributed by atoms with E-state index in [-0.39, 0.29) is 43.1 Å². The Kier molecular flexibility index (Phi) is 12.4. The molecule has 0 aliphatic heterocycles. The number of aldehydes is 1. The van der Waals surface area contributed by atoms with E-state index in [2.05, 4.69) is 10.6 Å². The zero-order valence-corrected chi connectivity index (χ0v) is 21.4. The van der Waals surface area contributed by atoms with E-state index in [1.165, 1.54) is 26.1 Å². The second-order valence-corrected chi connectivity index (χ2v) is 10.4. The molecule has 0 spiro atoms. The summed E-state index contributed by atoms with van der Waals surface area (Å²) in [6.07, 6.45) is 8.64. The first-order chi connectivity index (χ1) is 15.8. The van der Waals surface area contributed by atoms with Crippen LogP contribution in [0.1, 0.15) is 72.6 Å². The van der Waals surface area contributed by atoms with E-state index in [0.29, 0.717) is 25.4 Å². The molecule has 1 atom stereocenters. The summed E-state index contributed by atoms with van der Waals surface area (Å²) in [6.45, 7) is 7.85. The third-order valence-corrected chi connectivity index (χ3v) is 5.92. The Bertz CT molecular complexity index is 708. The molecule has 1 fully saturated rings. The van der Waals surface area contributed by atoms with Gasteiger partial charge in [0, 0.05) is 51.2 Å². The summed E-state index contributed by atoms with van der Waals surface area (Å²) in [7, 11) is 1.74. The van der Waals surface area contributed by atoms with Crippen LogP contribution in [0.2, 0.25) is 0 Å². The first-order valence-corrected chi connectivity index (χ1v) is 12.1. The minimum atomic E-state index is -1.26. The minimum absolute atomic E-state index is 0.00353. The fourth-order valence-electron chi connectivity index (χ4n) is 4.06. The van der Waals surface area contributed by atoms with Crippen molar-refractivity contribution in [2.75, 3.05) is 26.7 Å². The molecular formula is C25H43N3O6. The number of carbonyl (C=O) groups is 4. The Labute approximate surface area is 203 Å². The maximum atomic E-state index is 12.8. The van der Waals surface area contributed by atoms with Gasteiger partial charge in [0.05, 0.1) is 6.61 Å². The average Bonchev–Trinajstić information content (AvgIpc) is 3.27. The van der Waals surface area contributed by atoms with E-state index in [1.807, 2.05) is 13.8 Å². The van der Waals surface area contributed by atoms with Gasteiger partial charge in [-0.1, -0.05) is 26.7 Å². The number of hydrogen-bond donors (Lipinski definition) is 3. The molecule has 0 saturated heterocycles. The SMILES string of the molecule is CN(CCCNC(=O)/C=C/NC(=O)CC(C)(C)COC(C)(C)O)C(=O)C(CC=O)C1CCCC1. The highest BCUT2D eigenvalue weighted by atomic mass is 16.6. The number of hydrogen-bond acceptors (Lipinski definition) is 6. The van der Waals surface area contributed by atoms with Gasteiger partial charge < -0.3 is 30.2 Å². The third-order valence-electron chi connectivity index (χ3n) is 5.92. The lowest BCUT2D eigenvalue weighted by Gasteiger charge is -2.28. The van der Waals surface area contributed by atoms with Crippen LogP contribution in [-0.4, -0.2) is 66.5 Å². The maximum Gasteiger partial charge on any atom is 0.245 e. The van der Waals surface area contributed by atoms with Crippen molar-refractivity contribution in [1.29, 1.82) is 0 Å². The highest BCUT2D eigenvalue weighted by molar-refractivity contribution is 5.88. The third kappa shape index (κ3) is 12.3. The second kappa shape index (κ2) is 14.2. The van der Waals surface area contributed by atoms with Gasteiger partial charge >= 0.3 is 0 Å². The molecule has 0 heterocycles. The van der Waals surface area contributed by atoms with Gasteiger partial charge in [0.15, 0.2) is 5.79 Å². The Hall–Kier alpha value is -2.26. The van der Waals surface area contributed by atoms with E-state index in [0.717, 1.165) is 32.0 Å². The van der Waals surface area contributed by atoms with Crippen molar-refractivity contribution in [2.45, 2.75) is 78.4 Å². The number of nitrogens with one attached hydrogen (secondary N) is 2. The number of amides is 3. The molecule has 1 rings (SSSR count). The summed E-state index contributed by atoms with van der Waals surface area (Å²) in [5.74, 6) is -1.81. The van der Waals surface area contributed by atoms with E-state index in [9.17, 15) is 24.3 Å². The summed E-state index contributed by atoms with van der Waals surface area (Å²) in [5, 5.41) is 14.9. The molecule has 3 N–H and O–H groups in total. The fourth-order valence-corrected chi connectivity index (χ4v) is 4.06. The molecule has 34 heavy (non-hydrogen) atoms. The van der Waals surface area contributed by atoms with E-state index >= 15 is 0 Å². The van der Waals surface area contributed by atoms with Crippen LogP contribution in [0.5, 0.6) is 0 Å². The molecule has 1 aliphatic carbocycles. The van der Waals surface area contributed by atoms with Crippen molar-refractivity contribution in [2.24, 2.45) is 17.3 Å². The highest BCUT2D eigenvalue weighted by Gasteiger charge is 2.32. The van der Waals surface area contributed by atoms with Gasteiger partial charge in [-0.3, -0.25) is 14.4 Å². The average molecular weight is 482 g/mol. The molecule has 3 amide bonds. The zero-order chi connectivity index (χ0) is 25.8. The molecular weight excluding hydrogens is 438 g/mol. The van der Waals surface area contributed by atoms with E-state index in [4.69, 9.17) is 4.74 Å². The lowest BCUT2D eigenvalue weighted by Crippen LogP contribution is -2.38. The van der Waals surface area contributed by atoms with Crippen LogP contribution < -0.4 is 10.6 Å². The molecule has 194 valence electrons. The van der Waals surface area contributed by atoms with Gasteiger partial charge in [0.2, 0.25) is 17.7 Å². The zero-order valence-electron chi connectivity index (χ0n) is 21.4. The molecule has 9 nitrogen and oxygen atoms in total. The molecule has 1 unspecified atom stereocenters. The summed E-state index contributed by atoms with van der Waals surface area (Å²) in [4.78, 5) is 49.5. The van der Waals surface area contributed by atoms with Crippen molar-refractivity contribution in [3.05, 3.63) is 12.3 Å². The lowest BCUT2D eigenvalue weighted by molar-refractivity contribution is -0.192. The monoisotopic (exact) mass is 481 g/mol.